The molecule has 0 aliphatic carbocycles. The van der Waals surface area contributed by atoms with Crippen LogP contribution in [0.3, 0.4) is 0 Å². The summed E-state index contributed by atoms with van der Waals surface area (Å²) in [5.41, 5.74) is 1.79. The standard InChI is InChI=1S/C17H17FN2O3S/c1-12-6-8-13(9-7-12)20-11-10-15(17(20)21)19-24(22,23)16-5-3-2-4-14(16)18/h2-9,15,19H,10-11H2,1H3/t15-/m1/s1. The third-order valence-electron chi connectivity index (χ3n) is 3.97. The number of rotatable bonds is 4. The fourth-order valence-electron chi connectivity index (χ4n) is 2.68. The summed E-state index contributed by atoms with van der Waals surface area (Å²) in [5, 5.41) is 0. The van der Waals surface area contributed by atoms with Gasteiger partial charge in [-0.15, -0.1) is 0 Å². The number of carbonyl (C=O) groups is 1. The molecule has 0 spiro atoms. The van der Waals surface area contributed by atoms with Crippen molar-refractivity contribution in [3.63, 3.8) is 0 Å². The Hall–Kier alpha value is -2.25. The van der Waals surface area contributed by atoms with Crippen LogP contribution in [0, 0.1) is 12.7 Å². The van der Waals surface area contributed by atoms with Crippen LogP contribution in [0.4, 0.5) is 10.1 Å². The predicted molar refractivity (Wildman–Crippen MR) is 88.7 cm³/mol. The minimum Gasteiger partial charge on any atom is -0.311 e. The lowest BCUT2D eigenvalue weighted by Gasteiger charge is -2.17. The zero-order valence-corrected chi connectivity index (χ0v) is 13.9. The Balaban J connectivity index is 1.79. The van der Waals surface area contributed by atoms with Crippen LogP contribution in [-0.4, -0.2) is 26.9 Å². The van der Waals surface area contributed by atoms with Crippen LogP contribution < -0.4 is 9.62 Å². The van der Waals surface area contributed by atoms with Crippen molar-refractivity contribution in [3.8, 4) is 0 Å². The van der Waals surface area contributed by atoms with Gasteiger partial charge in [-0.3, -0.25) is 4.79 Å². The topological polar surface area (TPSA) is 66.5 Å². The van der Waals surface area contributed by atoms with Crippen molar-refractivity contribution in [2.75, 3.05) is 11.4 Å². The summed E-state index contributed by atoms with van der Waals surface area (Å²) >= 11 is 0. The van der Waals surface area contributed by atoms with E-state index in [0.29, 0.717) is 13.0 Å². The van der Waals surface area contributed by atoms with Gasteiger partial charge in [-0.05, 0) is 37.6 Å². The largest absolute Gasteiger partial charge is 0.311 e. The van der Waals surface area contributed by atoms with Crippen LogP contribution in [0.5, 0.6) is 0 Å². The second-order valence-corrected chi connectivity index (χ2v) is 7.40. The first kappa shape index (κ1) is 16.6. The van der Waals surface area contributed by atoms with Gasteiger partial charge in [0.05, 0.1) is 0 Å². The monoisotopic (exact) mass is 348 g/mol. The molecule has 0 saturated carbocycles. The highest BCUT2D eigenvalue weighted by Gasteiger charge is 2.36. The summed E-state index contributed by atoms with van der Waals surface area (Å²) in [5.74, 6) is -1.18. The minimum atomic E-state index is -4.09. The quantitative estimate of drug-likeness (QED) is 0.921. The van der Waals surface area contributed by atoms with E-state index in [1.165, 1.54) is 23.1 Å². The fourth-order valence-corrected chi connectivity index (χ4v) is 3.99. The zero-order valence-electron chi connectivity index (χ0n) is 13.1. The maximum absolute atomic E-state index is 13.7. The van der Waals surface area contributed by atoms with Crippen molar-refractivity contribution in [2.45, 2.75) is 24.3 Å². The molecule has 1 aliphatic rings. The number of halogens is 1. The molecule has 0 radical (unpaired) electrons. The normalized spacial score (nSPS) is 18.2. The first-order valence-electron chi connectivity index (χ1n) is 7.53. The number of nitrogens with zero attached hydrogens (tertiary/aromatic N) is 1. The number of sulfonamides is 1. The number of hydrogen-bond acceptors (Lipinski definition) is 3. The average Bonchev–Trinajstić information content (AvgIpc) is 2.89. The molecule has 1 N–H and O–H groups in total. The summed E-state index contributed by atoms with van der Waals surface area (Å²) in [6.07, 6.45) is 0.334. The molecule has 24 heavy (non-hydrogen) atoms. The van der Waals surface area contributed by atoms with Crippen molar-refractivity contribution < 1.29 is 17.6 Å². The van der Waals surface area contributed by atoms with E-state index < -0.39 is 26.8 Å². The minimum absolute atomic E-state index is 0.334. The molecular formula is C17H17FN2O3S. The Labute approximate surface area is 140 Å². The fraction of sp³-hybridized carbons (Fsp3) is 0.235. The lowest BCUT2D eigenvalue weighted by atomic mass is 10.2. The maximum atomic E-state index is 13.7. The van der Waals surface area contributed by atoms with Crippen molar-refractivity contribution >= 4 is 21.6 Å². The molecule has 0 unspecified atom stereocenters. The molecule has 1 heterocycles. The SMILES string of the molecule is Cc1ccc(N2CC[C@@H](NS(=O)(=O)c3ccccc3F)C2=O)cc1. The van der Waals surface area contributed by atoms with E-state index in [9.17, 15) is 17.6 Å². The van der Waals surface area contributed by atoms with Crippen LogP contribution >= 0.6 is 0 Å². The van der Waals surface area contributed by atoms with Gasteiger partial charge in [0.1, 0.15) is 16.8 Å². The van der Waals surface area contributed by atoms with Crippen LogP contribution in [-0.2, 0) is 14.8 Å². The summed E-state index contributed by atoms with van der Waals surface area (Å²) in [6.45, 7) is 2.35. The smallest absolute Gasteiger partial charge is 0.245 e. The van der Waals surface area contributed by atoms with Crippen LogP contribution in [0.15, 0.2) is 53.4 Å². The molecule has 0 bridgehead atoms. The number of carbonyl (C=O) groups excluding carboxylic acids is 1. The van der Waals surface area contributed by atoms with E-state index in [0.717, 1.165) is 17.3 Å². The number of nitrogens with one attached hydrogen (secondary N) is 1. The van der Waals surface area contributed by atoms with Gasteiger partial charge in [-0.2, -0.15) is 4.72 Å². The van der Waals surface area contributed by atoms with Crippen molar-refractivity contribution in [1.29, 1.82) is 0 Å². The van der Waals surface area contributed by atoms with Gasteiger partial charge >= 0.3 is 0 Å². The molecule has 2 aromatic rings. The second kappa shape index (κ2) is 6.33. The first-order valence-corrected chi connectivity index (χ1v) is 9.02. The zero-order chi connectivity index (χ0) is 17.3. The Morgan fingerprint density at radius 3 is 2.46 bits per heavy atom. The van der Waals surface area contributed by atoms with Crippen molar-refractivity contribution in [2.24, 2.45) is 0 Å². The van der Waals surface area contributed by atoms with Gasteiger partial charge in [0, 0.05) is 12.2 Å². The number of anilines is 1. The molecule has 1 amide bonds. The van der Waals surface area contributed by atoms with E-state index in [-0.39, 0.29) is 5.91 Å². The summed E-state index contributed by atoms with van der Waals surface area (Å²) < 4.78 is 40.7. The van der Waals surface area contributed by atoms with Gasteiger partial charge in [-0.25, -0.2) is 12.8 Å². The van der Waals surface area contributed by atoms with Crippen molar-refractivity contribution in [3.05, 3.63) is 59.9 Å². The molecule has 1 fully saturated rings. The molecule has 1 saturated heterocycles. The molecule has 5 nitrogen and oxygen atoms in total. The van der Waals surface area contributed by atoms with Gasteiger partial charge < -0.3 is 4.90 Å². The summed E-state index contributed by atoms with van der Waals surface area (Å²) in [4.78, 5) is 13.6. The maximum Gasteiger partial charge on any atom is 0.245 e. The third-order valence-corrected chi connectivity index (χ3v) is 5.48. The molecule has 3 rings (SSSR count). The van der Waals surface area contributed by atoms with Crippen LogP contribution in [0.25, 0.3) is 0 Å². The lowest BCUT2D eigenvalue weighted by Crippen LogP contribution is -2.41. The third kappa shape index (κ3) is 3.18. The van der Waals surface area contributed by atoms with Gasteiger partial charge in [0.25, 0.3) is 0 Å². The van der Waals surface area contributed by atoms with Gasteiger partial charge in [0.2, 0.25) is 15.9 Å². The number of benzene rings is 2. The lowest BCUT2D eigenvalue weighted by molar-refractivity contribution is -0.118. The van der Waals surface area contributed by atoms with Gasteiger partial charge in [0.15, 0.2) is 0 Å². The first-order chi connectivity index (χ1) is 11.4. The Morgan fingerprint density at radius 1 is 1.12 bits per heavy atom. The highest BCUT2D eigenvalue weighted by molar-refractivity contribution is 7.89. The summed E-state index contributed by atoms with van der Waals surface area (Å²) in [7, 11) is -4.09. The van der Waals surface area contributed by atoms with E-state index in [1.807, 2.05) is 31.2 Å². The van der Waals surface area contributed by atoms with Crippen LogP contribution in [0.2, 0.25) is 0 Å². The molecular weight excluding hydrogens is 331 g/mol. The summed E-state index contributed by atoms with van der Waals surface area (Å²) in [6, 6.07) is 11.6. The van der Waals surface area contributed by atoms with E-state index in [1.54, 1.807) is 0 Å². The highest BCUT2D eigenvalue weighted by Crippen LogP contribution is 2.23. The molecule has 0 aromatic heterocycles. The number of hydrogen-bond donors (Lipinski definition) is 1. The number of amides is 1. The van der Waals surface area contributed by atoms with Gasteiger partial charge in [-0.1, -0.05) is 29.8 Å². The van der Waals surface area contributed by atoms with Crippen molar-refractivity contribution in [1.82, 2.24) is 4.72 Å². The van der Waals surface area contributed by atoms with Crippen LogP contribution in [0.1, 0.15) is 12.0 Å². The van der Waals surface area contributed by atoms with E-state index >= 15 is 0 Å². The average molecular weight is 348 g/mol. The molecule has 7 heteroatoms. The molecule has 1 aliphatic heterocycles. The second-order valence-electron chi connectivity index (χ2n) is 5.72. The molecule has 126 valence electrons. The Kier molecular flexibility index (Phi) is 4.38. The number of aryl methyl sites for hydroxylation is 1. The highest BCUT2D eigenvalue weighted by atomic mass is 32.2. The van der Waals surface area contributed by atoms with E-state index in [4.69, 9.17) is 0 Å². The predicted octanol–water partition coefficient (Wildman–Crippen LogP) is 2.22. The Morgan fingerprint density at radius 2 is 1.79 bits per heavy atom. The van der Waals surface area contributed by atoms with E-state index in [2.05, 4.69) is 4.72 Å². The molecule has 1 atom stereocenters. The Bertz CT molecular complexity index is 866. The molecule has 2 aromatic carbocycles.